The van der Waals surface area contributed by atoms with Gasteiger partial charge in [-0.15, -0.1) is 0 Å². The highest BCUT2D eigenvalue weighted by Gasteiger charge is 2.27. The van der Waals surface area contributed by atoms with Gasteiger partial charge in [0.05, 0.1) is 21.3 Å². The van der Waals surface area contributed by atoms with Gasteiger partial charge in [-0.05, 0) is 44.0 Å². The van der Waals surface area contributed by atoms with Crippen molar-refractivity contribution in [3.63, 3.8) is 0 Å². The zero-order valence-electron chi connectivity index (χ0n) is 19.8. The lowest BCUT2D eigenvalue weighted by Crippen LogP contribution is -2.47. The predicted octanol–water partition coefficient (Wildman–Crippen LogP) is 4.40. The van der Waals surface area contributed by atoms with Crippen molar-refractivity contribution in [1.82, 2.24) is 15.0 Å². The molecule has 36 heavy (non-hydrogen) atoms. The Morgan fingerprint density at radius 2 is 1.78 bits per heavy atom. The van der Waals surface area contributed by atoms with Crippen molar-refractivity contribution in [1.29, 1.82) is 0 Å². The van der Waals surface area contributed by atoms with Crippen molar-refractivity contribution >= 4 is 46.7 Å². The maximum absolute atomic E-state index is 13.8. The Balaban J connectivity index is 1.42. The second kappa shape index (κ2) is 10.1. The molecular formula is C25H26Cl2FN7O. The summed E-state index contributed by atoms with van der Waals surface area (Å²) >= 11 is 12.5. The minimum Gasteiger partial charge on any atom is -0.366 e. The van der Waals surface area contributed by atoms with Crippen molar-refractivity contribution in [2.45, 2.75) is 25.8 Å². The third kappa shape index (κ3) is 4.90. The Kier molecular flexibility index (Phi) is 6.85. The van der Waals surface area contributed by atoms with Gasteiger partial charge in [-0.1, -0.05) is 23.2 Å². The summed E-state index contributed by atoms with van der Waals surface area (Å²) < 4.78 is 13.8. The van der Waals surface area contributed by atoms with Crippen molar-refractivity contribution in [3.05, 3.63) is 58.0 Å². The van der Waals surface area contributed by atoms with Crippen molar-refractivity contribution in [2.24, 2.45) is 5.73 Å². The number of carbonyl (C=O) groups excluding carboxylic acids is 1. The number of aromatic nitrogens is 3. The number of carbonyl (C=O) groups is 1. The van der Waals surface area contributed by atoms with Gasteiger partial charge < -0.3 is 20.4 Å². The van der Waals surface area contributed by atoms with Crippen LogP contribution in [-0.2, 0) is 0 Å². The van der Waals surface area contributed by atoms with Crippen LogP contribution >= 0.6 is 23.2 Å². The van der Waals surface area contributed by atoms with Crippen LogP contribution in [0.25, 0.3) is 11.3 Å². The molecule has 8 nitrogen and oxygen atoms in total. The van der Waals surface area contributed by atoms with Gasteiger partial charge in [0.1, 0.15) is 17.5 Å². The Morgan fingerprint density at radius 3 is 2.42 bits per heavy atom. The highest BCUT2D eigenvalue weighted by atomic mass is 35.5. The minimum atomic E-state index is -0.564. The van der Waals surface area contributed by atoms with Gasteiger partial charge in [-0.25, -0.2) is 14.4 Å². The Bertz CT molecular complexity index is 1300. The lowest BCUT2D eigenvalue weighted by Gasteiger charge is -2.37. The molecule has 2 N–H and O–H groups in total. The van der Waals surface area contributed by atoms with Crippen LogP contribution in [0, 0.1) is 5.82 Å². The summed E-state index contributed by atoms with van der Waals surface area (Å²) in [6.07, 6.45) is 3.63. The van der Waals surface area contributed by atoms with Crippen LogP contribution in [-0.4, -0.2) is 59.6 Å². The van der Waals surface area contributed by atoms with Gasteiger partial charge in [0, 0.05) is 56.6 Å². The lowest BCUT2D eigenvalue weighted by molar-refractivity contribution is 0.1000. The average Bonchev–Trinajstić information content (AvgIpc) is 3.31. The summed E-state index contributed by atoms with van der Waals surface area (Å²) in [6.45, 7) is 5.78. The number of rotatable bonds is 5. The monoisotopic (exact) mass is 529 g/mol. The highest BCUT2D eigenvalue weighted by molar-refractivity contribution is 6.33. The van der Waals surface area contributed by atoms with E-state index in [1.165, 1.54) is 12.3 Å². The van der Waals surface area contributed by atoms with E-state index in [1.807, 2.05) is 6.07 Å². The molecule has 2 aliphatic heterocycles. The van der Waals surface area contributed by atoms with E-state index in [0.29, 0.717) is 54.7 Å². The number of hydrogen-bond acceptors (Lipinski definition) is 7. The smallest absolute Gasteiger partial charge is 0.250 e. The number of nitrogens with two attached hydrogens (primary N) is 1. The molecule has 2 fully saturated rings. The summed E-state index contributed by atoms with van der Waals surface area (Å²) in [5.41, 5.74) is 7.05. The van der Waals surface area contributed by atoms with Crippen LogP contribution in [0.3, 0.4) is 0 Å². The van der Waals surface area contributed by atoms with E-state index >= 15 is 0 Å². The van der Waals surface area contributed by atoms with E-state index in [4.69, 9.17) is 38.9 Å². The number of hydrogen-bond donors (Lipinski definition) is 1. The van der Waals surface area contributed by atoms with Gasteiger partial charge in [0.25, 0.3) is 0 Å². The first-order valence-corrected chi connectivity index (χ1v) is 12.6. The molecule has 4 heterocycles. The third-order valence-electron chi connectivity index (χ3n) is 6.74. The number of benzene rings is 1. The molecule has 0 spiro atoms. The first-order chi connectivity index (χ1) is 17.3. The number of primary amides is 1. The molecule has 188 valence electrons. The molecule has 2 saturated heterocycles. The van der Waals surface area contributed by atoms with Gasteiger partial charge in [-0.2, -0.15) is 4.98 Å². The first kappa shape index (κ1) is 24.5. The SMILES string of the molecule is CC1CCCN1c1nc(-c2ccc(F)c(Cl)c2)cc(N2CCN(c3ncc(C(N)=O)cc3Cl)CC2)n1. The van der Waals surface area contributed by atoms with E-state index in [0.717, 1.165) is 30.8 Å². The molecule has 1 amide bonds. The quantitative estimate of drug-likeness (QED) is 0.523. The Labute approximate surface area is 218 Å². The molecule has 1 unspecified atom stereocenters. The zero-order chi connectivity index (χ0) is 25.4. The predicted molar refractivity (Wildman–Crippen MR) is 141 cm³/mol. The summed E-state index contributed by atoms with van der Waals surface area (Å²) in [6, 6.07) is 8.46. The molecular weight excluding hydrogens is 504 g/mol. The lowest BCUT2D eigenvalue weighted by atomic mass is 10.1. The molecule has 3 aromatic rings. The fraction of sp³-hybridized carbons (Fsp3) is 0.360. The van der Waals surface area contributed by atoms with E-state index in [2.05, 4.69) is 26.6 Å². The first-order valence-electron chi connectivity index (χ1n) is 11.9. The Morgan fingerprint density at radius 1 is 1.03 bits per heavy atom. The highest BCUT2D eigenvalue weighted by Crippen LogP contribution is 2.32. The molecule has 0 saturated carbocycles. The summed E-state index contributed by atoms with van der Waals surface area (Å²) in [5, 5.41) is 0.451. The molecule has 1 aromatic carbocycles. The zero-order valence-corrected chi connectivity index (χ0v) is 21.3. The molecule has 0 bridgehead atoms. The average molecular weight is 530 g/mol. The van der Waals surface area contributed by atoms with E-state index in [-0.39, 0.29) is 10.6 Å². The fourth-order valence-electron chi connectivity index (χ4n) is 4.69. The fourth-order valence-corrected chi connectivity index (χ4v) is 5.16. The summed E-state index contributed by atoms with van der Waals surface area (Å²) in [5.74, 6) is 1.07. The molecule has 2 aromatic heterocycles. The largest absolute Gasteiger partial charge is 0.366 e. The van der Waals surface area contributed by atoms with Gasteiger partial charge in [0.2, 0.25) is 11.9 Å². The second-order valence-corrected chi connectivity index (χ2v) is 9.91. The molecule has 1 atom stereocenters. The van der Waals surface area contributed by atoms with Crippen LogP contribution < -0.4 is 20.4 Å². The number of pyridine rings is 1. The number of halogens is 3. The van der Waals surface area contributed by atoms with Gasteiger partial charge in [-0.3, -0.25) is 4.79 Å². The normalized spacial score (nSPS) is 18.1. The van der Waals surface area contributed by atoms with Crippen LogP contribution in [0.1, 0.15) is 30.1 Å². The van der Waals surface area contributed by atoms with Crippen LogP contribution in [0.4, 0.5) is 22.0 Å². The minimum absolute atomic E-state index is 0.0594. The molecule has 0 radical (unpaired) electrons. The van der Waals surface area contributed by atoms with E-state index in [1.54, 1.807) is 18.2 Å². The van der Waals surface area contributed by atoms with Gasteiger partial charge in [0.15, 0.2) is 0 Å². The second-order valence-electron chi connectivity index (χ2n) is 9.09. The van der Waals surface area contributed by atoms with Gasteiger partial charge >= 0.3 is 0 Å². The molecule has 11 heteroatoms. The maximum Gasteiger partial charge on any atom is 0.250 e. The van der Waals surface area contributed by atoms with Crippen LogP contribution in [0.15, 0.2) is 36.5 Å². The van der Waals surface area contributed by atoms with Crippen LogP contribution in [0.5, 0.6) is 0 Å². The van der Waals surface area contributed by atoms with Crippen LogP contribution in [0.2, 0.25) is 10.0 Å². The topological polar surface area (TPSA) is 91.5 Å². The number of anilines is 3. The van der Waals surface area contributed by atoms with E-state index < -0.39 is 11.7 Å². The third-order valence-corrected chi connectivity index (χ3v) is 7.30. The summed E-state index contributed by atoms with van der Waals surface area (Å²) in [4.78, 5) is 32.0. The van der Waals surface area contributed by atoms with Crippen molar-refractivity contribution in [2.75, 3.05) is 47.4 Å². The summed E-state index contributed by atoms with van der Waals surface area (Å²) in [7, 11) is 0. The number of piperazine rings is 1. The standard InChI is InChI=1S/C25H26Cl2FN7O/c1-15-3-2-6-35(15)25-31-21(16-4-5-20(28)18(26)11-16)13-22(32-25)33-7-9-34(10-8-33)24-19(27)12-17(14-30-24)23(29)36/h4-5,11-15H,2-3,6-10H2,1H3,(H2,29,36). The Hall–Kier alpha value is -3.17. The molecule has 5 rings (SSSR count). The molecule has 0 aliphatic carbocycles. The van der Waals surface area contributed by atoms with Crippen molar-refractivity contribution in [3.8, 4) is 11.3 Å². The number of nitrogens with zero attached hydrogens (tertiary/aromatic N) is 6. The number of amides is 1. The molecule has 2 aliphatic rings. The maximum atomic E-state index is 13.8. The van der Waals surface area contributed by atoms with Crippen molar-refractivity contribution < 1.29 is 9.18 Å². The van der Waals surface area contributed by atoms with E-state index in [9.17, 15) is 9.18 Å².